The predicted octanol–water partition coefficient (Wildman–Crippen LogP) is 1.60. The SMILES string of the molecule is CNC(CCC(C)=O)C(C)C. The van der Waals surface area contributed by atoms with E-state index in [2.05, 4.69) is 19.2 Å². The second kappa shape index (κ2) is 5.30. The summed E-state index contributed by atoms with van der Waals surface area (Å²) >= 11 is 0. The molecule has 1 atom stereocenters. The zero-order valence-electron chi connectivity index (χ0n) is 7.98. The fourth-order valence-electron chi connectivity index (χ4n) is 1.17. The van der Waals surface area contributed by atoms with Crippen LogP contribution in [0.3, 0.4) is 0 Å². The van der Waals surface area contributed by atoms with Crippen molar-refractivity contribution in [2.75, 3.05) is 7.05 Å². The molecule has 0 saturated heterocycles. The Balaban J connectivity index is 3.61. The number of hydrogen-bond acceptors (Lipinski definition) is 2. The summed E-state index contributed by atoms with van der Waals surface area (Å²) in [6.07, 6.45) is 1.66. The lowest BCUT2D eigenvalue weighted by Gasteiger charge is -2.18. The van der Waals surface area contributed by atoms with Crippen molar-refractivity contribution in [3.05, 3.63) is 0 Å². The maximum absolute atomic E-state index is 10.7. The molecule has 1 unspecified atom stereocenters. The third-order valence-electron chi connectivity index (χ3n) is 1.98. The highest BCUT2D eigenvalue weighted by Gasteiger charge is 2.10. The van der Waals surface area contributed by atoms with E-state index >= 15 is 0 Å². The monoisotopic (exact) mass is 157 g/mol. The molecule has 0 aromatic carbocycles. The maximum atomic E-state index is 10.7. The van der Waals surface area contributed by atoms with Gasteiger partial charge in [-0.3, -0.25) is 0 Å². The number of carbonyl (C=O) groups excluding carboxylic acids is 1. The first-order chi connectivity index (χ1) is 5.07. The third-order valence-corrected chi connectivity index (χ3v) is 1.98. The van der Waals surface area contributed by atoms with Crippen LogP contribution in [0.25, 0.3) is 0 Å². The average molecular weight is 157 g/mol. The molecule has 0 amide bonds. The molecule has 0 heterocycles. The van der Waals surface area contributed by atoms with E-state index in [1.54, 1.807) is 6.92 Å². The fraction of sp³-hybridized carbons (Fsp3) is 0.889. The number of nitrogens with one attached hydrogen (secondary N) is 1. The summed E-state index contributed by atoms with van der Waals surface area (Å²) in [4.78, 5) is 10.7. The van der Waals surface area contributed by atoms with Gasteiger partial charge < -0.3 is 10.1 Å². The molecule has 11 heavy (non-hydrogen) atoms. The molecule has 0 radical (unpaired) electrons. The van der Waals surface area contributed by atoms with E-state index in [0.717, 1.165) is 6.42 Å². The van der Waals surface area contributed by atoms with Gasteiger partial charge in [0.15, 0.2) is 0 Å². The molecule has 0 saturated carbocycles. The summed E-state index contributed by atoms with van der Waals surface area (Å²) in [7, 11) is 1.95. The molecular weight excluding hydrogens is 138 g/mol. The molecule has 0 bridgehead atoms. The first kappa shape index (κ1) is 10.6. The first-order valence-corrected chi connectivity index (χ1v) is 4.24. The highest BCUT2D eigenvalue weighted by Crippen LogP contribution is 2.07. The molecule has 0 aromatic rings. The van der Waals surface area contributed by atoms with Gasteiger partial charge in [-0.1, -0.05) is 13.8 Å². The Hall–Kier alpha value is -0.370. The molecule has 0 aliphatic carbocycles. The van der Waals surface area contributed by atoms with E-state index in [1.165, 1.54) is 0 Å². The molecule has 2 nitrogen and oxygen atoms in total. The summed E-state index contributed by atoms with van der Waals surface area (Å²) in [5.74, 6) is 0.894. The molecule has 1 N–H and O–H groups in total. The van der Waals surface area contributed by atoms with Crippen molar-refractivity contribution < 1.29 is 4.79 Å². The van der Waals surface area contributed by atoms with Gasteiger partial charge in [-0.15, -0.1) is 0 Å². The molecule has 0 fully saturated rings. The molecule has 66 valence electrons. The van der Waals surface area contributed by atoms with Crippen molar-refractivity contribution in [1.82, 2.24) is 5.32 Å². The van der Waals surface area contributed by atoms with Crippen LogP contribution in [0.15, 0.2) is 0 Å². The second-order valence-electron chi connectivity index (χ2n) is 3.38. The Kier molecular flexibility index (Phi) is 5.12. The van der Waals surface area contributed by atoms with E-state index in [-0.39, 0.29) is 5.78 Å². The minimum atomic E-state index is 0.283. The van der Waals surface area contributed by atoms with Crippen molar-refractivity contribution in [3.63, 3.8) is 0 Å². The molecular formula is C9H19NO. The van der Waals surface area contributed by atoms with Crippen molar-refractivity contribution in [3.8, 4) is 0 Å². The minimum Gasteiger partial charge on any atom is -0.317 e. The maximum Gasteiger partial charge on any atom is 0.129 e. The van der Waals surface area contributed by atoms with Gasteiger partial charge in [0.25, 0.3) is 0 Å². The lowest BCUT2D eigenvalue weighted by atomic mass is 9.99. The van der Waals surface area contributed by atoms with Crippen LogP contribution < -0.4 is 5.32 Å². The minimum absolute atomic E-state index is 0.283. The van der Waals surface area contributed by atoms with Gasteiger partial charge in [-0.2, -0.15) is 0 Å². The quantitative estimate of drug-likeness (QED) is 0.656. The topological polar surface area (TPSA) is 29.1 Å². The van der Waals surface area contributed by atoms with Crippen molar-refractivity contribution >= 4 is 5.78 Å². The van der Waals surface area contributed by atoms with Gasteiger partial charge in [-0.05, 0) is 26.3 Å². The average Bonchev–Trinajstić information content (AvgIpc) is 1.87. The Morgan fingerprint density at radius 2 is 2.00 bits per heavy atom. The van der Waals surface area contributed by atoms with Crippen LogP contribution in [-0.4, -0.2) is 18.9 Å². The summed E-state index contributed by atoms with van der Waals surface area (Å²) in [5.41, 5.74) is 0. The molecule has 0 spiro atoms. The highest BCUT2D eigenvalue weighted by atomic mass is 16.1. The van der Waals surface area contributed by atoms with Gasteiger partial charge in [0.2, 0.25) is 0 Å². The third kappa shape index (κ3) is 4.96. The smallest absolute Gasteiger partial charge is 0.129 e. The van der Waals surface area contributed by atoms with Crippen LogP contribution in [0.4, 0.5) is 0 Å². The van der Waals surface area contributed by atoms with Crippen molar-refractivity contribution in [1.29, 1.82) is 0 Å². The molecule has 0 rings (SSSR count). The Morgan fingerprint density at radius 3 is 2.27 bits per heavy atom. The zero-order chi connectivity index (χ0) is 8.85. The van der Waals surface area contributed by atoms with Crippen molar-refractivity contribution in [2.24, 2.45) is 5.92 Å². The van der Waals surface area contributed by atoms with Crippen LogP contribution >= 0.6 is 0 Å². The summed E-state index contributed by atoms with van der Waals surface area (Å²) in [5, 5.41) is 3.20. The Bertz CT molecular complexity index is 121. The lowest BCUT2D eigenvalue weighted by Crippen LogP contribution is -2.30. The van der Waals surface area contributed by atoms with Gasteiger partial charge in [0.1, 0.15) is 5.78 Å². The second-order valence-corrected chi connectivity index (χ2v) is 3.38. The predicted molar refractivity (Wildman–Crippen MR) is 47.6 cm³/mol. The Morgan fingerprint density at radius 1 is 1.45 bits per heavy atom. The number of hydrogen-bond donors (Lipinski definition) is 1. The van der Waals surface area contributed by atoms with Crippen molar-refractivity contribution in [2.45, 2.75) is 39.7 Å². The van der Waals surface area contributed by atoms with E-state index in [0.29, 0.717) is 18.4 Å². The van der Waals surface area contributed by atoms with Gasteiger partial charge in [0.05, 0.1) is 0 Å². The van der Waals surface area contributed by atoms with Gasteiger partial charge >= 0.3 is 0 Å². The number of carbonyl (C=O) groups is 1. The Labute approximate surface area is 69.4 Å². The van der Waals surface area contributed by atoms with Crippen LogP contribution in [0.2, 0.25) is 0 Å². The van der Waals surface area contributed by atoms with E-state index < -0.39 is 0 Å². The summed E-state index contributed by atoms with van der Waals surface area (Å²) in [6, 6.07) is 0.485. The summed E-state index contributed by atoms with van der Waals surface area (Å²) in [6.45, 7) is 5.98. The normalized spacial score (nSPS) is 13.5. The first-order valence-electron chi connectivity index (χ1n) is 4.24. The zero-order valence-corrected chi connectivity index (χ0v) is 7.98. The molecule has 0 aliphatic heterocycles. The van der Waals surface area contributed by atoms with Crippen LogP contribution in [0.1, 0.15) is 33.6 Å². The van der Waals surface area contributed by atoms with Gasteiger partial charge in [-0.25, -0.2) is 0 Å². The summed E-state index contributed by atoms with van der Waals surface area (Å²) < 4.78 is 0. The van der Waals surface area contributed by atoms with Crippen LogP contribution in [0, 0.1) is 5.92 Å². The number of Topliss-reactive ketones (excluding diaryl/α,β-unsaturated/α-hetero) is 1. The van der Waals surface area contributed by atoms with E-state index in [1.807, 2.05) is 7.05 Å². The number of rotatable bonds is 5. The van der Waals surface area contributed by atoms with Crippen LogP contribution in [-0.2, 0) is 4.79 Å². The van der Waals surface area contributed by atoms with Crippen LogP contribution in [0.5, 0.6) is 0 Å². The highest BCUT2D eigenvalue weighted by molar-refractivity contribution is 5.75. The fourth-order valence-corrected chi connectivity index (χ4v) is 1.17. The standard InChI is InChI=1S/C9H19NO/c1-7(2)9(10-4)6-5-8(3)11/h7,9-10H,5-6H2,1-4H3. The van der Waals surface area contributed by atoms with E-state index in [4.69, 9.17) is 0 Å². The lowest BCUT2D eigenvalue weighted by molar-refractivity contribution is -0.117. The molecule has 0 aliphatic rings. The number of ketones is 1. The van der Waals surface area contributed by atoms with Gasteiger partial charge in [0, 0.05) is 12.5 Å². The largest absolute Gasteiger partial charge is 0.317 e. The molecule has 0 aromatic heterocycles. The molecule has 2 heteroatoms. The van der Waals surface area contributed by atoms with E-state index in [9.17, 15) is 4.79 Å².